The van der Waals surface area contributed by atoms with E-state index < -0.39 is 5.82 Å². The van der Waals surface area contributed by atoms with Crippen molar-refractivity contribution in [2.45, 2.75) is 38.5 Å². The minimum atomic E-state index is -0.620. The first-order valence-corrected chi connectivity index (χ1v) is 10.9. The SMILES string of the molecule is CN=C(NCCCOC1CCN(Cc2ccccc2)CC1)NCc1ccc(O)c(F)c1. The Balaban J connectivity index is 1.25. The maximum absolute atomic E-state index is 13.4. The second kappa shape index (κ2) is 12.3. The Morgan fingerprint density at radius 3 is 2.61 bits per heavy atom. The lowest BCUT2D eigenvalue weighted by Gasteiger charge is -2.32. The molecule has 0 bridgehead atoms. The number of phenols is 1. The summed E-state index contributed by atoms with van der Waals surface area (Å²) in [5.74, 6) is -0.305. The molecule has 2 aromatic carbocycles. The van der Waals surface area contributed by atoms with E-state index >= 15 is 0 Å². The van der Waals surface area contributed by atoms with Crippen LogP contribution in [0, 0.1) is 5.82 Å². The van der Waals surface area contributed by atoms with Crippen LogP contribution in [0.3, 0.4) is 0 Å². The largest absolute Gasteiger partial charge is 0.505 e. The number of ether oxygens (including phenoxy) is 1. The van der Waals surface area contributed by atoms with Crippen molar-refractivity contribution in [3.8, 4) is 5.75 Å². The molecular formula is C24H33FN4O2. The van der Waals surface area contributed by atoms with Gasteiger partial charge in [0.1, 0.15) is 0 Å². The molecular weight excluding hydrogens is 395 g/mol. The first-order valence-electron chi connectivity index (χ1n) is 10.9. The van der Waals surface area contributed by atoms with E-state index in [9.17, 15) is 9.50 Å². The Morgan fingerprint density at radius 1 is 1.13 bits per heavy atom. The van der Waals surface area contributed by atoms with Crippen molar-refractivity contribution in [1.29, 1.82) is 0 Å². The molecule has 2 aromatic rings. The van der Waals surface area contributed by atoms with Crippen LogP contribution in [0.15, 0.2) is 53.5 Å². The van der Waals surface area contributed by atoms with Gasteiger partial charge in [0.25, 0.3) is 0 Å². The van der Waals surface area contributed by atoms with E-state index in [1.165, 1.54) is 17.7 Å². The van der Waals surface area contributed by atoms with Gasteiger partial charge in [-0.05, 0) is 42.5 Å². The van der Waals surface area contributed by atoms with Crippen LogP contribution < -0.4 is 10.6 Å². The Kier molecular flexibility index (Phi) is 9.12. The zero-order valence-corrected chi connectivity index (χ0v) is 18.2. The van der Waals surface area contributed by atoms with Crippen molar-refractivity contribution >= 4 is 5.96 Å². The Labute approximate surface area is 184 Å². The summed E-state index contributed by atoms with van der Waals surface area (Å²) < 4.78 is 19.5. The number of aromatic hydroxyl groups is 1. The van der Waals surface area contributed by atoms with Gasteiger partial charge in [-0.2, -0.15) is 0 Å². The summed E-state index contributed by atoms with van der Waals surface area (Å²) in [6.07, 6.45) is 3.38. The molecule has 0 radical (unpaired) electrons. The molecule has 1 aliphatic heterocycles. The minimum Gasteiger partial charge on any atom is -0.505 e. The molecule has 3 rings (SSSR count). The summed E-state index contributed by atoms with van der Waals surface area (Å²) in [6.45, 7) is 5.06. The van der Waals surface area contributed by atoms with Gasteiger partial charge < -0.3 is 20.5 Å². The average Bonchev–Trinajstić information content (AvgIpc) is 2.79. The number of aliphatic imine (C=N–C) groups is 1. The van der Waals surface area contributed by atoms with Gasteiger partial charge >= 0.3 is 0 Å². The molecule has 0 saturated carbocycles. The summed E-state index contributed by atoms with van der Waals surface area (Å²) in [6, 6.07) is 15.0. The standard InChI is InChI=1S/C24H33FN4O2/c1-26-24(28-17-20-8-9-23(30)22(25)16-20)27-12-5-15-31-21-10-13-29(14-11-21)18-19-6-3-2-4-7-19/h2-4,6-9,16,21,30H,5,10-15,17-18H2,1H3,(H2,26,27,28). The van der Waals surface area contributed by atoms with E-state index in [0.717, 1.165) is 57.6 Å². The molecule has 168 valence electrons. The highest BCUT2D eigenvalue weighted by molar-refractivity contribution is 5.79. The Bertz CT molecular complexity index is 824. The lowest BCUT2D eigenvalue weighted by molar-refractivity contribution is 0.00534. The number of nitrogens with one attached hydrogen (secondary N) is 2. The minimum absolute atomic E-state index is 0.340. The zero-order chi connectivity index (χ0) is 21.9. The second-order valence-corrected chi connectivity index (χ2v) is 7.82. The molecule has 3 N–H and O–H groups in total. The van der Waals surface area contributed by atoms with Crippen LogP contribution in [0.25, 0.3) is 0 Å². The quantitative estimate of drug-likeness (QED) is 0.325. The van der Waals surface area contributed by atoms with Gasteiger partial charge in [0.05, 0.1) is 6.10 Å². The Hall–Kier alpha value is -2.64. The summed E-state index contributed by atoms with van der Waals surface area (Å²) >= 11 is 0. The van der Waals surface area contributed by atoms with Gasteiger partial charge in [-0.25, -0.2) is 4.39 Å². The molecule has 0 aromatic heterocycles. The summed E-state index contributed by atoms with van der Waals surface area (Å²) in [5.41, 5.74) is 2.10. The fourth-order valence-corrected chi connectivity index (χ4v) is 3.67. The van der Waals surface area contributed by atoms with Crippen molar-refractivity contribution in [1.82, 2.24) is 15.5 Å². The predicted octanol–water partition coefficient (Wildman–Crippen LogP) is 3.27. The first kappa shape index (κ1) is 23.0. The predicted molar refractivity (Wildman–Crippen MR) is 122 cm³/mol. The van der Waals surface area contributed by atoms with E-state index in [0.29, 0.717) is 18.6 Å². The van der Waals surface area contributed by atoms with E-state index in [1.807, 2.05) is 0 Å². The molecule has 0 aliphatic carbocycles. The molecule has 1 aliphatic rings. The highest BCUT2D eigenvalue weighted by Crippen LogP contribution is 2.17. The zero-order valence-electron chi connectivity index (χ0n) is 18.2. The van der Waals surface area contributed by atoms with Crippen molar-refractivity contribution in [3.05, 3.63) is 65.5 Å². The van der Waals surface area contributed by atoms with Crippen LogP contribution >= 0.6 is 0 Å². The highest BCUT2D eigenvalue weighted by atomic mass is 19.1. The van der Waals surface area contributed by atoms with E-state index in [2.05, 4.69) is 50.9 Å². The fourth-order valence-electron chi connectivity index (χ4n) is 3.67. The van der Waals surface area contributed by atoms with Crippen LogP contribution in [0.4, 0.5) is 4.39 Å². The van der Waals surface area contributed by atoms with Crippen LogP contribution in [0.1, 0.15) is 30.4 Å². The van der Waals surface area contributed by atoms with E-state index in [1.54, 1.807) is 13.1 Å². The number of rotatable bonds is 9. The van der Waals surface area contributed by atoms with E-state index in [4.69, 9.17) is 4.74 Å². The fraction of sp³-hybridized carbons (Fsp3) is 0.458. The van der Waals surface area contributed by atoms with Crippen molar-refractivity contribution in [2.24, 2.45) is 4.99 Å². The smallest absolute Gasteiger partial charge is 0.191 e. The molecule has 1 saturated heterocycles. The van der Waals surface area contributed by atoms with Gasteiger partial charge in [-0.3, -0.25) is 9.89 Å². The molecule has 1 fully saturated rings. The number of halogens is 1. The Morgan fingerprint density at radius 2 is 1.90 bits per heavy atom. The molecule has 0 atom stereocenters. The van der Waals surface area contributed by atoms with Crippen molar-refractivity contribution in [2.75, 3.05) is 33.3 Å². The number of phenolic OH excluding ortho intramolecular Hbond substituents is 1. The van der Waals surface area contributed by atoms with Gasteiger partial charge in [0.15, 0.2) is 17.5 Å². The van der Waals surface area contributed by atoms with Crippen LogP contribution in [0.2, 0.25) is 0 Å². The van der Waals surface area contributed by atoms with Crippen molar-refractivity contribution < 1.29 is 14.2 Å². The third-order valence-corrected chi connectivity index (χ3v) is 5.45. The first-order chi connectivity index (χ1) is 15.1. The number of hydrogen-bond donors (Lipinski definition) is 3. The topological polar surface area (TPSA) is 69.1 Å². The number of likely N-dealkylation sites (tertiary alicyclic amines) is 1. The molecule has 31 heavy (non-hydrogen) atoms. The molecule has 0 amide bonds. The summed E-state index contributed by atoms with van der Waals surface area (Å²) in [5, 5.41) is 15.6. The summed E-state index contributed by atoms with van der Waals surface area (Å²) in [4.78, 5) is 6.67. The molecule has 6 nitrogen and oxygen atoms in total. The van der Waals surface area contributed by atoms with Gasteiger partial charge in [-0.15, -0.1) is 0 Å². The lowest BCUT2D eigenvalue weighted by Crippen LogP contribution is -2.38. The third kappa shape index (κ3) is 7.84. The maximum Gasteiger partial charge on any atom is 0.191 e. The number of benzene rings is 2. The number of hydrogen-bond acceptors (Lipinski definition) is 4. The van der Waals surface area contributed by atoms with Gasteiger partial charge in [0.2, 0.25) is 0 Å². The average molecular weight is 429 g/mol. The molecule has 0 spiro atoms. The maximum atomic E-state index is 13.4. The van der Waals surface area contributed by atoms with Crippen molar-refractivity contribution in [3.63, 3.8) is 0 Å². The number of nitrogens with zero attached hydrogens (tertiary/aromatic N) is 2. The lowest BCUT2D eigenvalue weighted by atomic mass is 10.1. The molecule has 0 unspecified atom stereocenters. The number of piperidine rings is 1. The number of guanidine groups is 1. The normalized spacial score (nSPS) is 15.7. The van der Waals surface area contributed by atoms with Gasteiger partial charge in [-0.1, -0.05) is 36.4 Å². The van der Waals surface area contributed by atoms with Crippen LogP contribution in [0.5, 0.6) is 5.75 Å². The summed E-state index contributed by atoms with van der Waals surface area (Å²) in [7, 11) is 1.70. The molecule has 7 heteroatoms. The van der Waals surface area contributed by atoms with Crippen LogP contribution in [-0.2, 0) is 17.8 Å². The second-order valence-electron chi connectivity index (χ2n) is 7.82. The monoisotopic (exact) mass is 428 g/mol. The molecule has 1 heterocycles. The highest BCUT2D eigenvalue weighted by Gasteiger charge is 2.19. The van der Waals surface area contributed by atoms with E-state index in [-0.39, 0.29) is 5.75 Å². The van der Waals surface area contributed by atoms with Gasteiger partial charge in [0, 0.05) is 46.4 Å². The third-order valence-electron chi connectivity index (χ3n) is 5.45. The van der Waals surface area contributed by atoms with Crippen LogP contribution in [-0.4, -0.2) is 55.4 Å².